The monoisotopic (exact) mass is 311 g/mol. The summed E-state index contributed by atoms with van der Waals surface area (Å²) in [6, 6.07) is 18.1. The van der Waals surface area contributed by atoms with Gasteiger partial charge < -0.3 is 14.7 Å². The maximum Gasteiger partial charge on any atom is 0.119 e. The summed E-state index contributed by atoms with van der Waals surface area (Å²) in [6.07, 6.45) is 1.89. The van der Waals surface area contributed by atoms with Crippen LogP contribution in [-0.4, -0.2) is 35.7 Å². The zero-order valence-corrected chi connectivity index (χ0v) is 13.7. The van der Waals surface area contributed by atoms with Gasteiger partial charge in [-0.25, -0.2) is 0 Å². The highest BCUT2D eigenvalue weighted by Gasteiger charge is 2.22. The third-order valence-corrected chi connectivity index (χ3v) is 4.47. The van der Waals surface area contributed by atoms with E-state index in [1.165, 1.54) is 5.56 Å². The van der Waals surface area contributed by atoms with Gasteiger partial charge >= 0.3 is 0 Å². The SMILES string of the molecule is Cc1ccc(OC2CCN(CC(O)c3ccccc3)CC2)cc1. The van der Waals surface area contributed by atoms with Gasteiger partial charge in [-0.3, -0.25) is 0 Å². The van der Waals surface area contributed by atoms with Crippen LogP contribution in [-0.2, 0) is 0 Å². The second-order valence-electron chi connectivity index (χ2n) is 6.36. The summed E-state index contributed by atoms with van der Waals surface area (Å²) in [5, 5.41) is 10.3. The van der Waals surface area contributed by atoms with Gasteiger partial charge in [-0.05, 0) is 37.5 Å². The summed E-state index contributed by atoms with van der Waals surface area (Å²) >= 11 is 0. The number of hydrogen-bond donors (Lipinski definition) is 1. The van der Waals surface area contributed by atoms with Gasteiger partial charge in [-0.2, -0.15) is 0 Å². The van der Waals surface area contributed by atoms with Gasteiger partial charge in [0.1, 0.15) is 11.9 Å². The van der Waals surface area contributed by atoms with Crippen LogP contribution in [0, 0.1) is 6.92 Å². The largest absolute Gasteiger partial charge is 0.490 e. The maximum atomic E-state index is 10.3. The van der Waals surface area contributed by atoms with Crippen molar-refractivity contribution in [1.82, 2.24) is 4.90 Å². The van der Waals surface area contributed by atoms with Crippen LogP contribution < -0.4 is 4.74 Å². The summed E-state index contributed by atoms with van der Waals surface area (Å²) in [5.74, 6) is 0.957. The van der Waals surface area contributed by atoms with E-state index < -0.39 is 6.10 Å². The van der Waals surface area contributed by atoms with Crippen molar-refractivity contribution in [1.29, 1.82) is 0 Å². The zero-order valence-electron chi connectivity index (χ0n) is 13.7. The normalized spacial score (nSPS) is 17.8. The maximum absolute atomic E-state index is 10.3. The Kier molecular flexibility index (Phi) is 5.31. The lowest BCUT2D eigenvalue weighted by Gasteiger charge is -2.33. The number of aliphatic hydroxyl groups excluding tert-OH is 1. The van der Waals surface area contributed by atoms with Crippen LogP contribution in [0.1, 0.15) is 30.1 Å². The Balaban J connectivity index is 1.46. The number of piperidine rings is 1. The summed E-state index contributed by atoms with van der Waals surface area (Å²) in [7, 11) is 0. The molecule has 1 fully saturated rings. The molecule has 0 saturated carbocycles. The van der Waals surface area contributed by atoms with Crippen molar-refractivity contribution < 1.29 is 9.84 Å². The number of aliphatic hydroxyl groups is 1. The molecule has 0 spiro atoms. The molecular weight excluding hydrogens is 286 g/mol. The molecule has 1 saturated heterocycles. The van der Waals surface area contributed by atoms with E-state index in [1.54, 1.807) is 0 Å². The van der Waals surface area contributed by atoms with Crippen molar-refractivity contribution in [2.45, 2.75) is 32.0 Å². The van der Waals surface area contributed by atoms with Crippen LogP contribution >= 0.6 is 0 Å². The highest BCUT2D eigenvalue weighted by Crippen LogP contribution is 2.21. The van der Waals surface area contributed by atoms with Gasteiger partial charge in [0.25, 0.3) is 0 Å². The molecular formula is C20H25NO2. The first kappa shape index (κ1) is 16.0. The van der Waals surface area contributed by atoms with Gasteiger partial charge in [0, 0.05) is 19.6 Å². The number of benzene rings is 2. The number of β-amino-alcohol motifs (C(OH)–C–C–N with tert-alkyl or cyclic N) is 1. The first-order valence-corrected chi connectivity index (χ1v) is 8.39. The molecule has 1 N–H and O–H groups in total. The molecule has 2 aromatic carbocycles. The van der Waals surface area contributed by atoms with Crippen molar-refractivity contribution in [3.63, 3.8) is 0 Å². The van der Waals surface area contributed by atoms with Crippen molar-refractivity contribution in [2.75, 3.05) is 19.6 Å². The molecule has 0 amide bonds. The van der Waals surface area contributed by atoms with Crippen molar-refractivity contribution >= 4 is 0 Å². The Morgan fingerprint density at radius 3 is 2.35 bits per heavy atom. The molecule has 122 valence electrons. The first-order chi connectivity index (χ1) is 11.2. The minimum absolute atomic E-state index is 0.280. The molecule has 0 aliphatic carbocycles. The van der Waals surface area contributed by atoms with Crippen LogP contribution in [0.2, 0.25) is 0 Å². The van der Waals surface area contributed by atoms with Crippen LogP contribution in [0.5, 0.6) is 5.75 Å². The number of likely N-dealkylation sites (tertiary alicyclic amines) is 1. The minimum atomic E-state index is -0.411. The van der Waals surface area contributed by atoms with E-state index in [-0.39, 0.29) is 6.10 Å². The molecule has 1 heterocycles. The second-order valence-corrected chi connectivity index (χ2v) is 6.36. The topological polar surface area (TPSA) is 32.7 Å². The fourth-order valence-electron chi connectivity index (χ4n) is 3.04. The number of rotatable bonds is 5. The van der Waals surface area contributed by atoms with E-state index >= 15 is 0 Å². The molecule has 3 nitrogen and oxygen atoms in total. The number of hydrogen-bond acceptors (Lipinski definition) is 3. The fourth-order valence-corrected chi connectivity index (χ4v) is 3.04. The zero-order chi connectivity index (χ0) is 16.1. The van der Waals surface area contributed by atoms with Gasteiger partial charge in [0.2, 0.25) is 0 Å². The molecule has 1 unspecified atom stereocenters. The lowest BCUT2D eigenvalue weighted by atomic mass is 10.0. The third kappa shape index (κ3) is 4.57. The molecule has 3 heteroatoms. The van der Waals surface area contributed by atoms with Crippen LogP contribution in [0.25, 0.3) is 0 Å². The third-order valence-electron chi connectivity index (χ3n) is 4.47. The molecule has 2 aromatic rings. The molecule has 23 heavy (non-hydrogen) atoms. The lowest BCUT2D eigenvalue weighted by molar-refractivity contribution is 0.0610. The number of nitrogens with zero attached hydrogens (tertiary/aromatic N) is 1. The molecule has 1 aliphatic heterocycles. The summed E-state index contributed by atoms with van der Waals surface area (Å²) in [6.45, 7) is 4.72. The molecule has 0 radical (unpaired) electrons. The molecule has 0 aromatic heterocycles. The van der Waals surface area contributed by atoms with Crippen molar-refractivity contribution in [3.8, 4) is 5.75 Å². The van der Waals surface area contributed by atoms with Crippen molar-refractivity contribution in [2.24, 2.45) is 0 Å². The van der Waals surface area contributed by atoms with Gasteiger partial charge in [-0.1, -0.05) is 48.0 Å². The lowest BCUT2D eigenvalue weighted by Crippen LogP contribution is -2.40. The highest BCUT2D eigenvalue weighted by atomic mass is 16.5. The first-order valence-electron chi connectivity index (χ1n) is 8.39. The quantitative estimate of drug-likeness (QED) is 0.916. The Labute approximate surface area is 138 Å². The van der Waals surface area contributed by atoms with E-state index in [9.17, 15) is 5.11 Å². The van der Waals surface area contributed by atoms with E-state index in [0.717, 1.165) is 37.2 Å². The molecule has 0 bridgehead atoms. The highest BCUT2D eigenvalue weighted by molar-refractivity contribution is 5.26. The van der Waals surface area contributed by atoms with E-state index in [4.69, 9.17) is 4.74 Å². The minimum Gasteiger partial charge on any atom is -0.490 e. The Hall–Kier alpha value is -1.84. The summed E-state index contributed by atoms with van der Waals surface area (Å²) < 4.78 is 6.06. The van der Waals surface area contributed by atoms with Crippen LogP contribution in [0.4, 0.5) is 0 Å². The van der Waals surface area contributed by atoms with Gasteiger partial charge in [0.05, 0.1) is 6.10 Å². The molecule has 3 rings (SSSR count). The van der Waals surface area contributed by atoms with E-state index in [0.29, 0.717) is 6.54 Å². The summed E-state index contributed by atoms with van der Waals surface area (Å²) in [5.41, 5.74) is 2.24. The second kappa shape index (κ2) is 7.62. The van der Waals surface area contributed by atoms with E-state index in [1.807, 2.05) is 42.5 Å². The number of ether oxygens (including phenoxy) is 1. The summed E-state index contributed by atoms with van der Waals surface area (Å²) in [4.78, 5) is 2.33. The number of aryl methyl sites for hydroxylation is 1. The fraction of sp³-hybridized carbons (Fsp3) is 0.400. The Morgan fingerprint density at radius 2 is 1.70 bits per heavy atom. The van der Waals surface area contributed by atoms with Gasteiger partial charge in [-0.15, -0.1) is 0 Å². The predicted molar refractivity (Wildman–Crippen MR) is 92.7 cm³/mol. The average molecular weight is 311 g/mol. The van der Waals surface area contributed by atoms with E-state index in [2.05, 4.69) is 24.0 Å². The molecule has 1 atom stereocenters. The smallest absolute Gasteiger partial charge is 0.119 e. The predicted octanol–water partition coefficient (Wildman–Crippen LogP) is 3.57. The van der Waals surface area contributed by atoms with Crippen LogP contribution in [0.15, 0.2) is 54.6 Å². The average Bonchev–Trinajstić information content (AvgIpc) is 2.59. The standard InChI is InChI=1S/C20H25NO2/c1-16-7-9-18(10-8-16)23-19-11-13-21(14-12-19)15-20(22)17-5-3-2-4-6-17/h2-10,19-20,22H,11-15H2,1H3. The molecule has 1 aliphatic rings. The Bertz CT molecular complexity index is 589. The van der Waals surface area contributed by atoms with Gasteiger partial charge in [0.15, 0.2) is 0 Å². The van der Waals surface area contributed by atoms with Crippen LogP contribution in [0.3, 0.4) is 0 Å². The Morgan fingerprint density at radius 1 is 1.04 bits per heavy atom. The van der Waals surface area contributed by atoms with Crippen molar-refractivity contribution in [3.05, 3.63) is 65.7 Å².